The maximum atomic E-state index is 10.7. The van der Waals surface area contributed by atoms with Crippen LogP contribution in [0, 0.1) is 13.8 Å². The molecule has 0 saturated heterocycles. The predicted molar refractivity (Wildman–Crippen MR) is 73.3 cm³/mol. The summed E-state index contributed by atoms with van der Waals surface area (Å²) in [5.41, 5.74) is 3.25. The second-order valence-corrected chi connectivity index (χ2v) is 5.30. The molecule has 0 fully saturated rings. The van der Waals surface area contributed by atoms with Crippen LogP contribution in [-0.2, 0) is 0 Å². The molecule has 0 aliphatic rings. The first-order valence-electron chi connectivity index (χ1n) is 6.26. The van der Waals surface area contributed by atoms with E-state index in [0.717, 1.165) is 12.0 Å². The fourth-order valence-electron chi connectivity index (χ4n) is 2.16. The highest BCUT2D eigenvalue weighted by Crippen LogP contribution is 2.34. The molecular formula is C15H25NO. The number of rotatable bonds is 4. The van der Waals surface area contributed by atoms with E-state index in [0.29, 0.717) is 0 Å². The third kappa shape index (κ3) is 2.53. The highest BCUT2D eigenvalue weighted by Gasteiger charge is 2.35. The molecule has 1 N–H and O–H groups in total. The zero-order valence-corrected chi connectivity index (χ0v) is 11.9. The van der Waals surface area contributed by atoms with Crippen molar-refractivity contribution in [3.05, 3.63) is 34.9 Å². The van der Waals surface area contributed by atoms with Crippen molar-refractivity contribution in [2.75, 3.05) is 14.1 Å². The predicted octanol–water partition coefficient (Wildman–Crippen LogP) is 3.07. The number of nitrogens with zero attached hydrogens (tertiary/aromatic N) is 1. The number of likely N-dealkylation sites (N-methyl/N-ethyl adjacent to an activating group) is 1. The van der Waals surface area contributed by atoms with Crippen LogP contribution in [0.3, 0.4) is 0 Å². The Hall–Kier alpha value is -0.860. The summed E-state index contributed by atoms with van der Waals surface area (Å²) in [4.78, 5) is 2.11. The van der Waals surface area contributed by atoms with Crippen LogP contribution in [0.25, 0.3) is 0 Å². The molecule has 0 spiro atoms. The first-order chi connectivity index (χ1) is 7.84. The largest absolute Gasteiger partial charge is 0.386 e. The maximum absolute atomic E-state index is 10.7. The molecule has 2 heteroatoms. The van der Waals surface area contributed by atoms with E-state index in [1.807, 2.05) is 26.2 Å². The van der Waals surface area contributed by atoms with Gasteiger partial charge in [-0.25, -0.2) is 0 Å². The summed E-state index contributed by atoms with van der Waals surface area (Å²) in [7, 11) is 4.05. The van der Waals surface area contributed by atoms with Gasteiger partial charge in [-0.2, -0.15) is 0 Å². The van der Waals surface area contributed by atoms with Gasteiger partial charge in [-0.1, -0.05) is 25.1 Å². The van der Waals surface area contributed by atoms with Gasteiger partial charge in [0.25, 0.3) is 0 Å². The standard InChI is InChI=1S/C15H25NO/c1-7-15(4,16(5)6)14(17)13-10-8-9-11(2)12(13)3/h8-10,14,17H,7H2,1-6H3. The topological polar surface area (TPSA) is 23.5 Å². The molecule has 0 aliphatic heterocycles. The van der Waals surface area contributed by atoms with Crippen LogP contribution >= 0.6 is 0 Å². The Labute approximate surface area is 105 Å². The van der Waals surface area contributed by atoms with Gasteiger partial charge in [0.05, 0.1) is 6.10 Å². The highest BCUT2D eigenvalue weighted by molar-refractivity contribution is 5.36. The van der Waals surface area contributed by atoms with E-state index in [4.69, 9.17) is 0 Å². The molecule has 0 radical (unpaired) electrons. The molecule has 0 aromatic heterocycles. The number of aliphatic hydroxyl groups is 1. The molecule has 2 nitrogen and oxygen atoms in total. The number of aliphatic hydroxyl groups excluding tert-OH is 1. The molecule has 0 heterocycles. The zero-order chi connectivity index (χ0) is 13.2. The van der Waals surface area contributed by atoms with E-state index < -0.39 is 6.10 Å². The maximum Gasteiger partial charge on any atom is 0.0973 e. The van der Waals surface area contributed by atoms with Crippen molar-refractivity contribution >= 4 is 0 Å². The summed E-state index contributed by atoms with van der Waals surface area (Å²) in [6, 6.07) is 6.14. The average molecular weight is 235 g/mol. The lowest BCUT2D eigenvalue weighted by molar-refractivity contribution is 0.000474. The number of hydrogen-bond donors (Lipinski definition) is 1. The monoisotopic (exact) mass is 235 g/mol. The molecule has 2 atom stereocenters. The zero-order valence-electron chi connectivity index (χ0n) is 11.9. The minimum Gasteiger partial charge on any atom is -0.386 e. The van der Waals surface area contributed by atoms with Crippen LogP contribution < -0.4 is 0 Å². The fourth-order valence-corrected chi connectivity index (χ4v) is 2.16. The van der Waals surface area contributed by atoms with Crippen molar-refractivity contribution in [2.45, 2.75) is 45.8 Å². The second-order valence-electron chi connectivity index (χ2n) is 5.30. The smallest absolute Gasteiger partial charge is 0.0973 e. The van der Waals surface area contributed by atoms with Gasteiger partial charge in [0.1, 0.15) is 0 Å². The van der Waals surface area contributed by atoms with Crippen LogP contribution in [0.2, 0.25) is 0 Å². The van der Waals surface area contributed by atoms with Gasteiger partial charge in [-0.15, -0.1) is 0 Å². The highest BCUT2D eigenvalue weighted by atomic mass is 16.3. The summed E-state index contributed by atoms with van der Waals surface area (Å²) in [5, 5.41) is 10.7. The Morgan fingerprint density at radius 2 is 1.88 bits per heavy atom. The molecule has 0 saturated carbocycles. The molecule has 0 aliphatic carbocycles. The third-order valence-corrected chi connectivity index (χ3v) is 4.27. The van der Waals surface area contributed by atoms with Crippen LogP contribution in [-0.4, -0.2) is 29.6 Å². The van der Waals surface area contributed by atoms with Crippen molar-refractivity contribution in [1.82, 2.24) is 4.90 Å². The van der Waals surface area contributed by atoms with Gasteiger partial charge in [0.15, 0.2) is 0 Å². The number of aryl methyl sites for hydroxylation is 1. The molecule has 0 bridgehead atoms. The van der Waals surface area contributed by atoms with Crippen molar-refractivity contribution in [3.8, 4) is 0 Å². The van der Waals surface area contributed by atoms with Crippen molar-refractivity contribution in [2.24, 2.45) is 0 Å². The van der Waals surface area contributed by atoms with Crippen LogP contribution in [0.5, 0.6) is 0 Å². The summed E-state index contributed by atoms with van der Waals surface area (Å²) in [6.45, 7) is 8.40. The summed E-state index contributed by atoms with van der Waals surface area (Å²) in [6.07, 6.45) is 0.455. The Kier molecular flexibility index (Phi) is 4.34. The van der Waals surface area contributed by atoms with Crippen molar-refractivity contribution in [3.63, 3.8) is 0 Å². The van der Waals surface area contributed by atoms with Gasteiger partial charge >= 0.3 is 0 Å². The number of benzene rings is 1. The Bertz CT molecular complexity index is 387. The lowest BCUT2D eigenvalue weighted by Gasteiger charge is -2.40. The minimum absolute atomic E-state index is 0.224. The number of hydrogen-bond acceptors (Lipinski definition) is 2. The lowest BCUT2D eigenvalue weighted by Crippen LogP contribution is -2.46. The van der Waals surface area contributed by atoms with E-state index in [1.54, 1.807) is 0 Å². The van der Waals surface area contributed by atoms with E-state index >= 15 is 0 Å². The van der Waals surface area contributed by atoms with E-state index in [9.17, 15) is 5.11 Å². The lowest BCUT2D eigenvalue weighted by atomic mass is 9.83. The van der Waals surface area contributed by atoms with Crippen molar-refractivity contribution < 1.29 is 5.11 Å². The molecule has 2 unspecified atom stereocenters. The average Bonchev–Trinajstić information content (AvgIpc) is 2.30. The molecule has 0 amide bonds. The minimum atomic E-state index is -0.456. The van der Waals surface area contributed by atoms with Crippen LogP contribution in [0.1, 0.15) is 43.1 Å². The fraction of sp³-hybridized carbons (Fsp3) is 0.600. The Morgan fingerprint density at radius 1 is 1.29 bits per heavy atom. The van der Waals surface area contributed by atoms with Crippen LogP contribution in [0.4, 0.5) is 0 Å². The molecule has 1 aromatic rings. The SMILES string of the molecule is CCC(C)(C(O)c1cccc(C)c1C)N(C)C. The summed E-state index contributed by atoms with van der Waals surface area (Å²) >= 11 is 0. The van der Waals surface area contributed by atoms with Gasteiger partial charge in [-0.3, -0.25) is 0 Å². The van der Waals surface area contributed by atoms with Gasteiger partial charge in [0, 0.05) is 5.54 Å². The molecule has 17 heavy (non-hydrogen) atoms. The van der Waals surface area contributed by atoms with Gasteiger partial charge in [-0.05, 0) is 58.0 Å². The van der Waals surface area contributed by atoms with Crippen molar-refractivity contribution in [1.29, 1.82) is 0 Å². The molecular weight excluding hydrogens is 210 g/mol. The summed E-state index contributed by atoms with van der Waals surface area (Å²) in [5.74, 6) is 0. The Morgan fingerprint density at radius 3 is 2.35 bits per heavy atom. The normalized spacial score (nSPS) is 16.9. The van der Waals surface area contributed by atoms with E-state index in [-0.39, 0.29) is 5.54 Å². The first kappa shape index (κ1) is 14.2. The second kappa shape index (κ2) is 5.19. The quantitative estimate of drug-likeness (QED) is 0.867. The summed E-state index contributed by atoms with van der Waals surface area (Å²) < 4.78 is 0. The molecule has 96 valence electrons. The van der Waals surface area contributed by atoms with Gasteiger partial charge < -0.3 is 10.0 Å². The van der Waals surface area contributed by atoms with E-state index in [2.05, 4.69) is 38.7 Å². The third-order valence-electron chi connectivity index (χ3n) is 4.27. The van der Waals surface area contributed by atoms with Gasteiger partial charge in [0.2, 0.25) is 0 Å². The first-order valence-corrected chi connectivity index (χ1v) is 6.26. The van der Waals surface area contributed by atoms with E-state index in [1.165, 1.54) is 11.1 Å². The Balaban J connectivity index is 3.19. The molecule has 1 aromatic carbocycles. The molecule has 1 rings (SSSR count). The van der Waals surface area contributed by atoms with Crippen LogP contribution in [0.15, 0.2) is 18.2 Å².